The van der Waals surface area contributed by atoms with Crippen LogP contribution in [0.5, 0.6) is 0 Å². The highest BCUT2D eigenvalue weighted by Gasteiger charge is 2.74. The molecule has 0 radical (unpaired) electrons. The van der Waals surface area contributed by atoms with Gasteiger partial charge in [0.05, 0.1) is 12.1 Å². The van der Waals surface area contributed by atoms with Crippen LogP contribution in [0.25, 0.3) is 0 Å². The number of esters is 1. The molecule has 1 heterocycles. The zero-order chi connectivity index (χ0) is 33.7. The summed E-state index contributed by atoms with van der Waals surface area (Å²) in [6, 6.07) is -5.03. The van der Waals surface area contributed by atoms with Crippen molar-refractivity contribution in [2.24, 2.45) is 34.3 Å². The van der Waals surface area contributed by atoms with Crippen LogP contribution in [0.15, 0.2) is 0 Å². The first-order chi connectivity index (χ1) is 20.0. The second kappa shape index (κ2) is 12.7. The zero-order valence-electron chi connectivity index (χ0n) is 27.0. The quantitative estimate of drug-likeness (QED) is 0.174. The molecule has 3 fully saturated rings. The molecular formula is C30H47Cl2N5O7. The summed E-state index contributed by atoms with van der Waals surface area (Å²) in [4.78, 5) is 81.4. The van der Waals surface area contributed by atoms with Crippen molar-refractivity contribution in [1.29, 1.82) is 0 Å². The second-order valence-corrected chi connectivity index (χ2v) is 16.3. The van der Waals surface area contributed by atoms with Gasteiger partial charge in [0.1, 0.15) is 22.5 Å². The lowest BCUT2D eigenvalue weighted by atomic mass is 9.84. The number of ketones is 1. The second-order valence-electron chi connectivity index (χ2n) is 14.8. The van der Waals surface area contributed by atoms with Crippen molar-refractivity contribution in [2.75, 3.05) is 13.6 Å². The Morgan fingerprint density at radius 3 is 2.02 bits per heavy atom. The summed E-state index contributed by atoms with van der Waals surface area (Å²) < 4.78 is 4.12. The van der Waals surface area contributed by atoms with E-state index in [1.54, 1.807) is 55.4 Å². The smallest absolute Gasteiger partial charge is 0.329 e. The number of fused-ring (bicyclic) bond motifs is 1. The van der Waals surface area contributed by atoms with Gasteiger partial charge in [-0.25, -0.2) is 9.59 Å². The summed E-state index contributed by atoms with van der Waals surface area (Å²) in [5.74, 6) is -4.70. The maximum absolute atomic E-state index is 14.3. The van der Waals surface area contributed by atoms with Crippen LogP contribution in [0.3, 0.4) is 0 Å². The van der Waals surface area contributed by atoms with Crippen LogP contribution in [0.4, 0.5) is 4.79 Å². The van der Waals surface area contributed by atoms with Crippen LogP contribution in [-0.2, 0) is 28.7 Å². The number of alkyl halides is 2. The van der Waals surface area contributed by atoms with Gasteiger partial charge < -0.3 is 30.9 Å². The van der Waals surface area contributed by atoms with Crippen molar-refractivity contribution in [1.82, 2.24) is 20.4 Å². The number of rotatable bonds is 11. The summed E-state index contributed by atoms with van der Waals surface area (Å²) in [6.07, 6.45) is 1.61. The fourth-order valence-corrected chi connectivity index (χ4v) is 6.85. The molecule has 44 heavy (non-hydrogen) atoms. The number of nitrogens with one attached hydrogen (secondary N) is 2. The van der Waals surface area contributed by atoms with Gasteiger partial charge in [-0.05, 0) is 37.0 Å². The van der Waals surface area contributed by atoms with E-state index in [-0.39, 0.29) is 18.9 Å². The van der Waals surface area contributed by atoms with Gasteiger partial charge in [0.15, 0.2) is 0 Å². The van der Waals surface area contributed by atoms with Gasteiger partial charge in [0.25, 0.3) is 5.91 Å². The molecule has 5 amide bonds. The number of carbonyl (C=O) groups excluding carboxylic acids is 6. The average Bonchev–Trinajstić information content (AvgIpc) is 3.71. The third-order valence-electron chi connectivity index (χ3n) is 8.51. The third kappa shape index (κ3) is 7.78. The van der Waals surface area contributed by atoms with Gasteiger partial charge in [-0.15, -0.1) is 23.2 Å². The normalized spacial score (nSPS) is 24.5. The van der Waals surface area contributed by atoms with Crippen molar-refractivity contribution in [3.05, 3.63) is 0 Å². The maximum Gasteiger partial charge on any atom is 0.329 e. The Kier molecular flexibility index (Phi) is 10.3. The Morgan fingerprint density at radius 1 is 1.00 bits per heavy atom. The predicted molar refractivity (Wildman–Crippen MR) is 164 cm³/mol. The minimum absolute atomic E-state index is 0.0546. The zero-order valence-corrected chi connectivity index (χ0v) is 28.5. The summed E-state index contributed by atoms with van der Waals surface area (Å²) in [5.41, 5.74) is 3.73. The third-order valence-corrected chi connectivity index (χ3v) is 9.57. The molecule has 12 nitrogen and oxygen atoms in total. The molecule has 14 heteroatoms. The van der Waals surface area contributed by atoms with Crippen LogP contribution >= 0.6 is 23.2 Å². The van der Waals surface area contributed by atoms with Gasteiger partial charge in [0, 0.05) is 25.4 Å². The number of ether oxygens (including phenoxy) is 1. The Hall–Kier alpha value is -2.60. The number of urea groups is 1. The largest absolute Gasteiger partial charge is 0.461 e. The average molecular weight is 661 g/mol. The number of carbonyl (C=O) groups is 6. The predicted octanol–water partition coefficient (Wildman–Crippen LogP) is 2.38. The lowest BCUT2D eigenvalue weighted by molar-refractivity contribution is -0.152. The van der Waals surface area contributed by atoms with Gasteiger partial charge >= 0.3 is 12.0 Å². The van der Waals surface area contributed by atoms with Crippen LogP contribution in [0, 0.1) is 28.6 Å². The maximum atomic E-state index is 14.3. The fraction of sp³-hybridized carbons (Fsp3) is 0.800. The van der Waals surface area contributed by atoms with Gasteiger partial charge in [-0.2, -0.15) is 0 Å². The van der Waals surface area contributed by atoms with Crippen molar-refractivity contribution < 1.29 is 33.5 Å². The first-order valence-corrected chi connectivity index (χ1v) is 15.8. The number of nitrogens with zero attached hydrogens (tertiary/aromatic N) is 2. The van der Waals surface area contributed by atoms with E-state index in [0.717, 1.165) is 12.8 Å². The van der Waals surface area contributed by atoms with Gasteiger partial charge in [0.2, 0.25) is 17.6 Å². The standard InChI is InChI=1S/C30H47Cl2N5O7/c1-14(2)44-26(42)21(28(3,4)5)35-27(43)36(9)22(29(6,7)8)25(41)37-13-16-18(30(16,31)32)19(37)24(40)34-17(12-15-10-11-15)20(38)23(33)39/h14-19,21-22H,10-13H2,1-9H3,(H2,33,39)(H,34,40)(H,35,43)/t16-,17?,18-,19-,21+,22+/m0/s1. The molecule has 2 saturated carbocycles. The van der Waals surface area contributed by atoms with E-state index in [0.29, 0.717) is 0 Å². The number of nitrogens with two attached hydrogens (primary N) is 1. The lowest BCUT2D eigenvalue weighted by Crippen LogP contribution is -2.63. The Balaban J connectivity index is 1.88. The first kappa shape index (κ1) is 35.9. The number of halogens is 2. The molecule has 4 N–H and O–H groups in total. The summed E-state index contributed by atoms with van der Waals surface area (Å²) in [7, 11) is 1.45. The summed E-state index contributed by atoms with van der Waals surface area (Å²) in [5, 5.41) is 5.38. The van der Waals surface area contributed by atoms with Crippen LogP contribution in [0.1, 0.15) is 74.7 Å². The number of piperidine rings is 1. The lowest BCUT2D eigenvalue weighted by Gasteiger charge is -2.42. The summed E-state index contributed by atoms with van der Waals surface area (Å²) in [6.45, 7) is 14.2. The highest BCUT2D eigenvalue weighted by atomic mass is 35.5. The number of primary amides is 1. The molecule has 6 atom stereocenters. The van der Waals surface area contributed by atoms with Crippen LogP contribution in [-0.4, -0.2) is 93.5 Å². The number of hydrogen-bond acceptors (Lipinski definition) is 7. The monoisotopic (exact) mass is 659 g/mol. The van der Waals surface area contributed by atoms with Crippen molar-refractivity contribution in [3.8, 4) is 0 Å². The minimum Gasteiger partial charge on any atom is -0.461 e. The molecule has 1 saturated heterocycles. The van der Waals surface area contributed by atoms with Crippen LogP contribution in [0.2, 0.25) is 0 Å². The molecule has 0 spiro atoms. The minimum atomic E-state index is -1.25. The molecule has 2 aliphatic carbocycles. The van der Waals surface area contributed by atoms with E-state index in [1.807, 2.05) is 0 Å². The van der Waals surface area contributed by atoms with Crippen molar-refractivity contribution >= 4 is 58.7 Å². The van der Waals surface area contributed by atoms with Gasteiger partial charge in [-0.3, -0.25) is 19.2 Å². The van der Waals surface area contributed by atoms with E-state index in [4.69, 9.17) is 33.7 Å². The Labute approximate surface area is 269 Å². The molecule has 248 valence electrons. The SMILES string of the molecule is CC(C)OC(=O)[C@@H](NC(=O)N(C)[C@H](C(=O)N1C[C@H]2[C@@H]([C@H]1C(=O)NC(CC1CC1)C(=O)C(N)=O)C2(Cl)Cl)C(C)(C)C)C(C)(C)C. The molecular weight excluding hydrogens is 613 g/mol. The number of likely N-dealkylation sites (N-methyl/N-ethyl adjacent to an activating group) is 1. The van der Waals surface area contributed by atoms with Gasteiger partial charge in [-0.1, -0.05) is 54.4 Å². The molecule has 0 aromatic heterocycles. The van der Waals surface area contributed by atoms with E-state index >= 15 is 0 Å². The van der Waals surface area contributed by atoms with Crippen LogP contribution < -0.4 is 16.4 Å². The first-order valence-electron chi connectivity index (χ1n) is 15.1. The Bertz CT molecular complexity index is 1190. The van der Waals surface area contributed by atoms with Crippen molar-refractivity contribution in [3.63, 3.8) is 0 Å². The van der Waals surface area contributed by atoms with E-state index in [1.165, 1.54) is 16.8 Å². The molecule has 1 aliphatic heterocycles. The molecule has 0 bridgehead atoms. The Morgan fingerprint density at radius 2 is 1.57 bits per heavy atom. The fourth-order valence-electron chi connectivity index (χ4n) is 6.03. The highest BCUT2D eigenvalue weighted by Crippen LogP contribution is 2.65. The van der Waals surface area contributed by atoms with E-state index in [2.05, 4.69) is 10.6 Å². The highest BCUT2D eigenvalue weighted by molar-refractivity contribution is 6.51. The molecule has 0 aromatic carbocycles. The topological polar surface area (TPSA) is 168 Å². The number of hydrogen-bond donors (Lipinski definition) is 3. The van der Waals surface area contributed by atoms with Crippen molar-refractivity contribution in [2.45, 2.75) is 109 Å². The summed E-state index contributed by atoms with van der Waals surface area (Å²) >= 11 is 13.0. The number of amides is 5. The molecule has 1 unspecified atom stereocenters. The molecule has 3 rings (SSSR count). The molecule has 3 aliphatic rings. The van der Waals surface area contributed by atoms with E-state index in [9.17, 15) is 28.8 Å². The number of likely N-dealkylation sites (tertiary alicyclic amines) is 1. The number of Topliss-reactive ketones (excluding diaryl/α,β-unsaturated/α-hetero) is 1. The molecule has 0 aromatic rings. The van der Waals surface area contributed by atoms with E-state index < -0.39 is 92.8 Å².